The van der Waals surface area contributed by atoms with Gasteiger partial charge >= 0.3 is 0 Å². The fourth-order valence-corrected chi connectivity index (χ4v) is 3.29. The lowest BCUT2D eigenvalue weighted by atomic mass is 10.2. The highest BCUT2D eigenvalue weighted by atomic mass is 79.9. The van der Waals surface area contributed by atoms with Crippen LogP contribution in [-0.2, 0) is 4.74 Å². The molecule has 1 aromatic heterocycles. The molecule has 0 saturated carbocycles. The van der Waals surface area contributed by atoms with Crippen molar-refractivity contribution in [1.29, 1.82) is 0 Å². The molecule has 1 aromatic rings. The molecule has 1 aliphatic rings. The first-order chi connectivity index (χ1) is 7.24. The lowest BCUT2D eigenvalue weighted by molar-refractivity contribution is 0.1000. The van der Waals surface area contributed by atoms with Crippen LogP contribution in [0.4, 0.5) is 0 Å². The van der Waals surface area contributed by atoms with Crippen LogP contribution in [0.1, 0.15) is 18.7 Å². The Kier molecular flexibility index (Phi) is 3.99. The molecule has 1 aliphatic heterocycles. The number of hydrogen-bond donors (Lipinski definition) is 0. The van der Waals surface area contributed by atoms with Gasteiger partial charge in [-0.3, -0.25) is 0 Å². The Morgan fingerprint density at radius 1 is 1.40 bits per heavy atom. The van der Waals surface area contributed by atoms with E-state index in [2.05, 4.69) is 25.9 Å². The van der Waals surface area contributed by atoms with E-state index in [4.69, 9.17) is 4.74 Å². The standard InChI is InChI=1S/C10H13BrN2OS/c1-7-12-9(11)6-10(13-7)15-8-2-4-14-5-3-8/h6,8H,2-5H2,1H3. The molecule has 0 amide bonds. The Balaban J connectivity index is 2.02. The Morgan fingerprint density at radius 3 is 2.80 bits per heavy atom. The second-order valence-corrected chi connectivity index (χ2v) is 5.64. The third-order valence-corrected chi connectivity index (χ3v) is 3.90. The molecule has 82 valence electrons. The maximum absolute atomic E-state index is 5.33. The van der Waals surface area contributed by atoms with Gasteiger partial charge in [0.15, 0.2) is 0 Å². The minimum atomic E-state index is 0.639. The molecule has 0 radical (unpaired) electrons. The molecule has 0 N–H and O–H groups in total. The molecule has 2 heterocycles. The summed E-state index contributed by atoms with van der Waals surface area (Å²) in [6.45, 7) is 3.67. The summed E-state index contributed by atoms with van der Waals surface area (Å²) in [5, 5.41) is 1.70. The maximum Gasteiger partial charge on any atom is 0.127 e. The smallest absolute Gasteiger partial charge is 0.127 e. The van der Waals surface area contributed by atoms with E-state index >= 15 is 0 Å². The molecule has 0 unspecified atom stereocenters. The molecule has 0 atom stereocenters. The van der Waals surface area contributed by atoms with Crippen molar-refractivity contribution in [2.24, 2.45) is 0 Å². The molecular formula is C10H13BrN2OS. The molecule has 1 saturated heterocycles. The van der Waals surface area contributed by atoms with E-state index in [0.717, 1.165) is 41.5 Å². The second-order valence-electron chi connectivity index (χ2n) is 3.51. The number of halogens is 1. The summed E-state index contributed by atoms with van der Waals surface area (Å²) in [7, 11) is 0. The van der Waals surface area contributed by atoms with Crippen molar-refractivity contribution >= 4 is 27.7 Å². The van der Waals surface area contributed by atoms with E-state index in [1.807, 2.05) is 24.8 Å². The molecule has 0 aliphatic carbocycles. The summed E-state index contributed by atoms with van der Waals surface area (Å²) in [5.74, 6) is 0.818. The van der Waals surface area contributed by atoms with Crippen LogP contribution in [0.3, 0.4) is 0 Å². The quantitative estimate of drug-likeness (QED) is 0.784. The first-order valence-electron chi connectivity index (χ1n) is 4.99. The normalized spacial score (nSPS) is 18.0. The lowest BCUT2D eigenvalue weighted by Crippen LogP contribution is -2.17. The van der Waals surface area contributed by atoms with E-state index in [9.17, 15) is 0 Å². The van der Waals surface area contributed by atoms with Gasteiger partial charge in [0.1, 0.15) is 15.5 Å². The fraction of sp³-hybridized carbons (Fsp3) is 0.600. The van der Waals surface area contributed by atoms with Gasteiger partial charge < -0.3 is 4.74 Å². The van der Waals surface area contributed by atoms with E-state index < -0.39 is 0 Å². The molecule has 5 heteroatoms. The number of aromatic nitrogens is 2. The van der Waals surface area contributed by atoms with E-state index in [1.165, 1.54) is 0 Å². The molecule has 3 nitrogen and oxygen atoms in total. The van der Waals surface area contributed by atoms with Crippen LogP contribution in [0.5, 0.6) is 0 Å². The van der Waals surface area contributed by atoms with Crippen LogP contribution in [0, 0.1) is 6.92 Å². The van der Waals surface area contributed by atoms with Gasteiger partial charge in [0.25, 0.3) is 0 Å². The Bertz CT molecular complexity index is 322. The molecule has 15 heavy (non-hydrogen) atoms. The van der Waals surface area contributed by atoms with E-state index in [1.54, 1.807) is 0 Å². The fourth-order valence-electron chi connectivity index (χ4n) is 1.53. The largest absolute Gasteiger partial charge is 0.381 e. The molecule has 0 aromatic carbocycles. The first kappa shape index (κ1) is 11.4. The van der Waals surface area contributed by atoms with E-state index in [0.29, 0.717) is 5.25 Å². The van der Waals surface area contributed by atoms with Crippen LogP contribution >= 0.6 is 27.7 Å². The van der Waals surface area contributed by atoms with Crippen LogP contribution in [-0.4, -0.2) is 28.4 Å². The highest BCUT2D eigenvalue weighted by molar-refractivity contribution is 9.10. The second kappa shape index (κ2) is 5.27. The van der Waals surface area contributed by atoms with Crippen LogP contribution < -0.4 is 0 Å². The number of rotatable bonds is 2. The van der Waals surface area contributed by atoms with Crippen molar-refractivity contribution in [2.75, 3.05) is 13.2 Å². The van der Waals surface area contributed by atoms with Gasteiger partial charge in [-0.25, -0.2) is 9.97 Å². The van der Waals surface area contributed by atoms with Gasteiger partial charge in [-0.15, -0.1) is 11.8 Å². The highest BCUT2D eigenvalue weighted by Crippen LogP contribution is 2.29. The van der Waals surface area contributed by atoms with E-state index in [-0.39, 0.29) is 0 Å². The van der Waals surface area contributed by atoms with Crippen LogP contribution in [0.15, 0.2) is 15.7 Å². The molecular weight excluding hydrogens is 276 g/mol. The van der Waals surface area contributed by atoms with Gasteiger partial charge in [-0.2, -0.15) is 0 Å². The topological polar surface area (TPSA) is 35.0 Å². The zero-order valence-corrected chi connectivity index (χ0v) is 11.0. The third-order valence-electron chi connectivity index (χ3n) is 2.24. The molecule has 0 spiro atoms. The summed E-state index contributed by atoms with van der Waals surface area (Å²) >= 11 is 5.22. The van der Waals surface area contributed by atoms with Crippen LogP contribution in [0.2, 0.25) is 0 Å². The SMILES string of the molecule is Cc1nc(Br)cc(SC2CCOCC2)n1. The number of nitrogens with zero attached hydrogens (tertiary/aromatic N) is 2. The van der Waals surface area contributed by atoms with Crippen molar-refractivity contribution in [1.82, 2.24) is 9.97 Å². The molecule has 1 fully saturated rings. The van der Waals surface area contributed by atoms with Gasteiger partial charge in [-0.05, 0) is 35.7 Å². The summed E-state index contributed by atoms with van der Waals surface area (Å²) in [6.07, 6.45) is 2.23. The minimum Gasteiger partial charge on any atom is -0.381 e. The maximum atomic E-state index is 5.33. The summed E-state index contributed by atoms with van der Waals surface area (Å²) in [6, 6.07) is 1.98. The van der Waals surface area contributed by atoms with Crippen molar-refractivity contribution in [3.63, 3.8) is 0 Å². The monoisotopic (exact) mass is 288 g/mol. The number of aryl methyl sites for hydroxylation is 1. The summed E-state index contributed by atoms with van der Waals surface area (Å²) in [4.78, 5) is 8.60. The third kappa shape index (κ3) is 3.43. The van der Waals surface area contributed by atoms with Gasteiger partial charge in [0.05, 0.1) is 0 Å². The lowest BCUT2D eigenvalue weighted by Gasteiger charge is -2.20. The Hall–Kier alpha value is -0.130. The average molecular weight is 289 g/mol. The minimum absolute atomic E-state index is 0.639. The summed E-state index contributed by atoms with van der Waals surface area (Å²) in [5.41, 5.74) is 0. The number of ether oxygens (including phenoxy) is 1. The van der Waals surface area contributed by atoms with Crippen molar-refractivity contribution in [3.05, 3.63) is 16.5 Å². The van der Waals surface area contributed by atoms with Gasteiger partial charge in [0.2, 0.25) is 0 Å². The first-order valence-corrected chi connectivity index (χ1v) is 6.67. The predicted octanol–water partition coefficient (Wildman–Crippen LogP) is 2.82. The van der Waals surface area contributed by atoms with Gasteiger partial charge in [0, 0.05) is 24.5 Å². The zero-order chi connectivity index (χ0) is 10.7. The number of hydrogen-bond acceptors (Lipinski definition) is 4. The molecule has 0 bridgehead atoms. The van der Waals surface area contributed by atoms with Crippen molar-refractivity contribution in [3.8, 4) is 0 Å². The molecule has 2 rings (SSSR count). The summed E-state index contributed by atoms with van der Waals surface area (Å²) < 4.78 is 6.19. The van der Waals surface area contributed by atoms with Crippen molar-refractivity contribution in [2.45, 2.75) is 30.0 Å². The zero-order valence-electron chi connectivity index (χ0n) is 8.57. The van der Waals surface area contributed by atoms with Crippen molar-refractivity contribution < 1.29 is 4.74 Å². The van der Waals surface area contributed by atoms with Crippen LogP contribution in [0.25, 0.3) is 0 Å². The Labute approximate surface area is 102 Å². The Morgan fingerprint density at radius 2 is 2.13 bits per heavy atom. The number of thioether (sulfide) groups is 1. The average Bonchev–Trinajstić information content (AvgIpc) is 2.17. The predicted molar refractivity (Wildman–Crippen MR) is 64.2 cm³/mol. The van der Waals surface area contributed by atoms with Gasteiger partial charge in [-0.1, -0.05) is 0 Å². The highest BCUT2D eigenvalue weighted by Gasteiger charge is 2.16.